The van der Waals surface area contributed by atoms with Gasteiger partial charge in [0.2, 0.25) is 0 Å². The number of benzene rings is 7. The summed E-state index contributed by atoms with van der Waals surface area (Å²) in [5.74, 6) is 1.35. The van der Waals surface area contributed by atoms with E-state index in [1.807, 2.05) is 18.2 Å². The standard InChI is InChI=1S/C50H28NO/c1-2-14-31-30(13-1)27-28-44(35-19-12-26-46-48(35)36-18-6-10-25-45(36)52-46)51-49(31)37-20-11-24-43-47(37)34-17-5-9-23-42(34)50(43)40-21-7-3-15-32(40)38-29-39(38)33-16-4-8-22-41(33)50/h1-26,28-29H. The Morgan fingerprint density at radius 2 is 1.12 bits per heavy atom. The molecule has 2 heteroatoms. The predicted molar refractivity (Wildman–Crippen MR) is 211 cm³/mol. The molecule has 52 heavy (non-hydrogen) atoms. The van der Waals surface area contributed by atoms with Gasteiger partial charge in [0.25, 0.3) is 0 Å². The Bertz CT molecular complexity index is 3130. The second-order valence-electron chi connectivity index (χ2n) is 14.0. The maximum absolute atomic E-state index is 6.33. The largest absolute Gasteiger partial charge is 0.456 e. The molecule has 1 unspecified atom stereocenters. The van der Waals surface area contributed by atoms with E-state index >= 15 is 0 Å². The van der Waals surface area contributed by atoms with Crippen molar-refractivity contribution < 1.29 is 4.42 Å². The summed E-state index contributed by atoms with van der Waals surface area (Å²) in [5.41, 5.74) is 20.5. The lowest BCUT2D eigenvalue weighted by molar-refractivity contribution is 0.669. The molecule has 7 aromatic carbocycles. The number of para-hydroxylation sites is 1. The van der Waals surface area contributed by atoms with E-state index in [0.29, 0.717) is 0 Å². The van der Waals surface area contributed by atoms with Crippen molar-refractivity contribution in [1.29, 1.82) is 0 Å². The van der Waals surface area contributed by atoms with E-state index < -0.39 is 5.41 Å². The first-order valence-corrected chi connectivity index (χ1v) is 17.9. The van der Waals surface area contributed by atoms with Crippen molar-refractivity contribution in [2.45, 2.75) is 5.41 Å². The fraction of sp³-hybridized carbons (Fsp3) is 0.0200. The average molecular weight is 659 g/mol. The molecule has 8 aromatic rings. The van der Waals surface area contributed by atoms with Crippen molar-refractivity contribution in [1.82, 2.24) is 0 Å². The van der Waals surface area contributed by atoms with Crippen LogP contribution >= 0.6 is 0 Å². The van der Waals surface area contributed by atoms with Crippen LogP contribution in [0.25, 0.3) is 50.1 Å². The molecule has 1 aliphatic heterocycles. The van der Waals surface area contributed by atoms with Gasteiger partial charge in [-0.25, -0.2) is 4.99 Å². The quantitative estimate of drug-likeness (QED) is 0.182. The molecule has 12 rings (SSSR count). The molecule has 1 radical (unpaired) electrons. The lowest BCUT2D eigenvalue weighted by atomic mass is 9.65. The molecule has 239 valence electrons. The lowest BCUT2D eigenvalue weighted by Gasteiger charge is -2.35. The molecule has 0 N–H and O–H groups in total. The van der Waals surface area contributed by atoms with Gasteiger partial charge in [-0.05, 0) is 68.3 Å². The molecule has 1 spiro atoms. The van der Waals surface area contributed by atoms with Crippen LogP contribution in [-0.4, -0.2) is 5.71 Å². The summed E-state index contributed by atoms with van der Waals surface area (Å²) in [7, 11) is 0. The minimum atomic E-state index is -0.501. The van der Waals surface area contributed by atoms with E-state index in [1.54, 1.807) is 0 Å². The van der Waals surface area contributed by atoms with Crippen LogP contribution in [0.1, 0.15) is 44.5 Å². The molecule has 4 aliphatic rings. The summed E-state index contributed by atoms with van der Waals surface area (Å²) >= 11 is 0. The molecule has 0 fully saturated rings. The zero-order valence-corrected chi connectivity index (χ0v) is 28.0. The third kappa shape index (κ3) is 3.56. The number of allylic oxidation sites excluding steroid dienone is 3. The Hall–Kier alpha value is -6.73. The van der Waals surface area contributed by atoms with Gasteiger partial charge in [-0.15, -0.1) is 5.73 Å². The number of aliphatic imine (C=N–C) groups is 1. The Morgan fingerprint density at radius 1 is 0.500 bits per heavy atom. The van der Waals surface area contributed by atoms with Crippen LogP contribution in [0.4, 0.5) is 0 Å². The van der Waals surface area contributed by atoms with Crippen molar-refractivity contribution in [3.63, 3.8) is 0 Å². The van der Waals surface area contributed by atoms with Gasteiger partial charge in [-0.2, -0.15) is 0 Å². The van der Waals surface area contributed by atoms with Crippen LogP contribution in [0.2, 0.25) is 0 Å². The third-order valence-electron chi connectivity index (χ3n) is 11.5. The maximum atomic E-state index is 6.33. The first-order chi connectivity index (χ1) is 25.8. The fourth-order valence-corrected chi connectivity index (χ4v) is 9.40. The van der Waals surface area contributed by atoms with Crippen LogP contribution in [0.3, 0.4) is 0 Å². The molecule has 0 amide bonds. The first kappa shape index (κ1) is 28.0. The molecule has 0 saturated carbocycles. The van der Waals surface area contributed by atoms with Gasteiger partial charge in [0.05, 0.1) is 22.7 Å². The summed E-state index contributed by atoms with van der Waals surface area (Å²) in [6.07, 6.45) is 4.40. The highest BCUT2D eigenvalue weighted by Gasteiger charge is 2.53. The smallest absolute Gasteiger partial charge is 0.136 e. The molecule has 3 aliphatic carbocycles. The molecule has 0 saturated heterocycles. The van der Waals surface area contributed by atoms with Crippen LogP contribution in [-0.2, 0) is 5.41 Å². The van der Waals surface area contributed by atoms with Crippen molar-refractivity contribution in [3.05, 3.63) is 231 Å². The highest BCUT2D eigenvalue weighted by atomic mass is 16.3. The highest BCUT2D eigenvalue weighted by Crippen LogP contribution is 2.64. The molecular formula is C50H28NO. The van der Waals surface area contributed by atoms with Gasteiger partial charge >= 0.3 is 0 Å². The lowest BCUT2D eigenvalue weighted by Crippen LogP contribution is -2.30. The Balaban J connectivity index is 1.20. The monoisotopic (exact) mass is 658 g/mol. The number of fused-ring (bicyclic) bond motifs is 16. The zero-order chi connectivity index (χ0) is 34.0. The van der Waals surface area contributed by atoms with Crippen molar-refractivity contribution in [2.24, 2.45) is 4.99 Å². The van der Waals surface area contributed by atoms with E-state index in [2.05, 4.69) is 157 Å². The number of hydrogen-bond donors (Lipinski definition) is 0. The summed E-state index contributed by atoms with van der Waals surface area (Å²) < 4.78 is 6.33. The van der Waals surface area contributed by atoms with Gasteiger partial charge < -0.3 is 4.42 Å². The van der Waals surface area contributed by atoms with Gasteiger partial charge in [-0.3, -0.25) is 0 Å². The van der Waals surface area contributed by atoms with Crippen molar-refractivity contribution in [2.75, 3.05) is 0 Å². The van der Waals surface area contributed by atoms with E-state index in [-0.39, 0.29) is 0 Å². The van der Waals surface area contributed by atoms with Gasteiger partial charge in [-0.1, -0.05) is 146 Å². The molecule has 2 nitrogen and oxygen atoms in total. The Kier molecular flexibility index (Phi) is 5.48. The minimum absolute atomic E-state index is 0.501. The molecule has 1 atom stereocenters. The SMILES string of the molecule is C1=CC(c2cccc3oc4ccccc4c23)=NC(c2cccc3c2-c2ccccc2C32c3ccccc3[C]3C=C3c3ccccc32)=c2ccccc2=1. The topological polar surface area (TPSA) is 25.5 Å². The van der Waals surface area contributed by atoms with Crippen LogP contribution in [0.5, 0.6) is 0 Å². The molecule has 2 heterocycles. The fourth-order valence-electron chi connectivity index (χ4n) is 9.40. The third-order valence-corrected chi connectivity index (χ3v) is 11.5. The Labute approximate surface area is 300 Å². The van der Waals surface area contributed by atoms with E-state index in [4.69, 9.17) is 9.41 Å². The molecular weight excluding hydrogens is 631 g/mol. The van der Waals surface area contributed by atoms with Crippen LogP contribution < -0.4 is 10.4 Å². The zero-order valence-electron chi connectivity index (χ0n) is 28.0. The second-order valence-corrected chi connectivity index (χ2v) is 14.0. The first-order valence-electron chi connectivity index (χ1n) is 17.9. The minimum Gasteiger partial charge on any atom is -0.456 e. The number of nitrogens with zero attached hydrogens (tertiary/aromatic N) is 1. The maximum Gasteiger partial charge on any atom is 0.136 e. The number of rotatable bonds is 2. The van der Waals surface area contributed by atoms with Crippen molar-refractivity contribution >= 4 is 44.7 Å². The summed E-state index contributed by atoms with van der Waals surface area (Å²) in [6.45, 7) is 0. The highest BCUT2D eigenvalue weighted by molar-refractivity contribution is 6.23. The summed E-state index contributed by atoms with van der Waals surface area (Å²) in [5, 5.41) is 4.24. The number of hydrogen-bond acceptors (Lipinski definition) is 2. The second kappa shape index (κ2) is 10.2. The van der Waals surface area contributed by atoms with Crippen LogP contribution in [0.15, 0.2) is 179 Å². The molecule has 1 aromatic heterocycles. The average Bonchev–Trinajstić information content (AvgIpc) is 3.88. The van der Waals surface area contributed by atoms with E-state index in [1.165, 1.54) is 56.0 Å². The molecule has 0 bridgehead atoms. The number of furan rings is 1. The van der Waals surface area contributed by atoms with E-state index in [0.717, 1.165) is 54.9 Å². The summed E-state index contributed by atoms with van der Waals surface area (Å²) in [4.78, 5) is 5.66. The normalized spacial score (nSPS) is 17.6. The predicted octanol–water partition coefficient (Wildman–Crippen LogP) is 9.88. The van der Waals surface area contributed by atoms with Gasteiger partial charge in [0.1, 0.15) is 11.2 Å². The van der Waals surface area contributed by atoms with Crippen LogP contribution in [0, 0.1) is 5.92 Å². The Morgan fingerprint density at radius 3 is 2.00 bits per heavy atom. The van der Waals surface area contributed by atoms with Gasteiger partial charge in [0, 0.05) is 38.4 Å². The summed E-state index contributed by atoms with van der Waals surface area (Å²) in [6, 6.07) is 57.1. The van der Waals surface area contributed by atoms with Gasteiger partial charge in [0.15, 0.2) is 0 Å². The van der Waals surface area contributed by atoms with E-state index in [9.17, 15) is 0 Å². The van der Waals surface area contributed by atoms with Crippen molar-refractivity contribution in [3.8, 4) is 11.1 Å².